The third kappa shape index (κ3) is 6.17. The average Bonchev–Trinajstić information content (AvgIpc) is 3.03. The first-order valence-electron chi connectivity index (χ1n) is 8.41. The van der Waals surface area contributed by atoms with Gasteiger partial charge in [-0.3, -0.25) is 4.79 Å². The lowest BCUT2D eigenvalue weighted by Crippen LogP contribution is -2.40. The number of carbonyl (C=O) groups excluding carboxylic acids is 2. The number of thiazole rings is 1. The number of amides is 3. The molecule has 1 aromatic rings. The van der Waals surface area contributed by atoms with Crippen molar-refractivity contribution in [2.24, 2.45) is 0 Å². The molecule has 0 aliphatic carbocycles. The summed E-state index contributed by atoms with van der Waals surface area (Å²) < 4.78 is 0. The first-order valence-corrected chi connectivity index (χ1v) is 9.29. The van der Waals surface area contributed by atoms with Crippen LogP contribution in [0.4, 0.5) is 4.79 Å². The molecule has 0 bridgehead atoms. The molecule has 0 unspecified atom stereocenters. The summed E-state index contributed by atoms with van der Waals surface area (Å²) in [5, 5.41) is 8.70. The molecule has 7 heteroatoms. The quantitative estimate of drug-likeness (QED) is 0.798. The third-order valence-electron chi connectivity index (χ3n) is 3.90. The zero-order valence-electron chi connectivity index (χ0n) is 13.8. The molecule has 1 saturated heterocycles. The number of aryl methyl sites for hydroxylation is 1. The van der Waals surface area contributed by atoms with Crippen molar-refractivity contribution in [2.75, 3.05) is 26.2 Å². The first-order chi connectivity index (χ1) is 11.2. The Hall–Kier alpha value is -1.63. The monoisotopic (exact) mass is 338 g/mol. The van der Waals surface area contributed by atoms with E-state index in [-0.39, 0.29) is 11.9 Å². The van der Waals surface area contributed by atoms with Gasteiger partial charge in [-0.15, -0.1) is 11.3 Å². The fourth-order valence-corrected chi connectivity index (χ4v) is 3.36. The Morgan fingerprint density at radius 1 is 1.22 bits per heavy atom. The van der Waals surface area contributed by atoms with Crippen molar-refractivity contribution < 1.29 is 9.59 Å². The maximum absolute atomic E-state index is 12.0. The Labute approximate surface area is 141 Å². The fourth-order valence-electron chi connectivity index (χ4n) is 2.58. The summed E-state index contributed by atoms with van der Waals surface area (Å²) in [6, 6.07) is -0.220. The summed E-state index contributed by atoms with van der Waals surface area (Å²) in [7, 11) is 0. The van der Waals surface area contributed by atoms with Crippen molar-refractivity contribution in [3.05, 3.63) is 16.1 Å². The largest absolute Gasteiger partial charge is 0.343 e. The molecule has 0 aromatic carbocycles. The van der Waals surface area contributed by atoms with Crippen LogP contribution >= 0.6 is 11.3 Å². The minimum absolute atomic E-state index is 0.138. The van der Waals surface area contributed by atoms with Gasteiger partial charge in [0.2, 0.25) is 5.91 Å². The molecule has 1 aliphatic heterocycles. The van der Waals surface area contributed by atoms with Gasteiger partial charge in [0.15, 0.2) is 0 Å². The van der Waals surface area contributed by atoms with Gasteiger partial charge in [0, 0.05) is 44.4 Å². The number of aromatic nitrogens is 1. The molecular formula is C16H26N4O2S. The van der Waals surface area contributed by atoms with E-state index < -0.39 is 0 Å². The van der Waals surface area contributed by atoms with Crippen LogP contribution < -0.4 is 10.6 Å². The summed E-state index contributed by atoms with van der Waals surface area (Å²) in [4.78, 5) is 30.0. The van der Waals surface area contributed by atoms with Crippen LogP contribution in [0.5, 0.6) is 0 Å². The lowest BCUT2D eigenvalue weighted by Gasteiger charge is -2.26. The number of urea groups is 1. The lowest BCUT2D eigenvalue weighted by atomic mass is 10.1. The van der Waals surface area contributed by atoms with E-state index in [0.717, 1.165) is 49.5 Å². The van der Waals surface area contributed by atoms with Gasteiger partial charge in [0.1, 0.15) is 0 Å². The van der Waals surface area contributed by atoms with Crippen LogP contribution in [-0.4, -0.2) is 48.0 Å². The number of hydrogen-bond donors (Lipinski definition) is 2. The highest BCUT2D eigenvalue weighted by atomic mass is 32.1. The van der Waals surface area contributed by atoms with E-state index in [1.165, 1.54) is 6.42 Å². The van der Waals surface area contributed by atoms with Crippen molar-refractivity contribution >= 4 is 23.3 Å². The minimum atomic E-state index is -0.220. The lowest BCUT2D eigenvalue weighted by molar-refractivity contribution is -0.131. The molecule has 0 atom stereocenters. The molecule has 23 heavy (non-hydrogen) atoms. The number of likely N-dealkylation sites (tertiary alicyclic amines) is 1. The Balaban J connectivity index is 1.55. The maximum Gasteiger partial charge on any atom is 0.314 e. The molecule has 0 saturated carbocycles. The summed E-state index contributed by atoms with van der Waals surface area (Å²) in [6.45, 7) is 4.74. The molecule has 0 radical (unpaired) electrons. The van der Waals surface area contributed by atoms with Crippen LogP contribution in [0, 0.1) is 0 Å². The smallest absolute Gasteiger partial charge is 0.314 e. The number of piperidine rings is 1. The van der Waals surface area contributed by atoms with Crippen LogP contribution in [0.2, 0.25) is 0 Å². The second-order valence-corrected chi connectivity index (χ2v) is 6.65. The molecule has 128 valence electrons. The zero-order valence-corrected chi connectivity index (χ0v) is 14.6. The Morgan fingerprint density at radius 2 is 1.96 bits per heavy atom. The van der Waals surface area contributed by atoms with Gasteiger partial charge >= 0.3 is 6.03 Å². The van der Waals surface area contributed by atoms with E-state index >= 15 is 0 Å². The summed E-state index contributed by atoms with van der Waals surface area (Å²) in [5.41, 5.74) is 1.02. The zero-order chi connectivity index (χ0) is 16.5. The van der Waals surface area contributed by atoms with Crippen LogP contribution in [0.3, 0.4) is 0 Å². The molecule has 0 spiro atoms. The number of nitrogens with one attached hydrogen (secondary N) is 2. The second kappa shape index (κ2) is 9.50. The van der Waals surface area contributed by atoms with Gasteiger partial charge in [-0.2, -0.15) is 0 Å². The van der Waals surface area contributed by atoms with Crippen molar-refractivity contribution in [1.82, 2.24) is 20.5 Å². The normalized spacial score (nSPS) is 14.6. The van der Waals surface area contributed by atoms with E-state index in [0.29, 0.717) is 19.5 Å². The van der Waals surface area contributed by atoms with Crippen molar-refractivity contribution in [1.29, 1.82) is 0 Å². The highest BCUT2D eigenvalue weighted by Gasteiger charge is 2.15. The third-order valence-corrected chi connectivity index (χ3v) is 4.94. The van der Waals surface area contributed by atoms with Gasteiger partial charge in [-0.05, 0) is 25.7 Å². The first kappa shape index (κ1) is 17.7. The van der Waals surface area contributed by atoms with E-state index in [9.17, 15) is 9.59 Å². The van der Waals surface area contributed by atoms with Crippen LogP contribution in [0.15, 0.2) is 5.38 Å². The number of hydrogen-bond acceptors (Lipinski definition) is 4. The Bertz CT molecular complexity index is 512. The number of carbonyl (C=O) groups is 2. The molecule has 2 heterocycles. The highest BCUT2D eigenvalue weighted by Crippen LogP contribution is 2.10. The molecule has 6 nitrogen and oxygen atoms in total. The highest BCUT2D eigenvalue weighted by molar-refractivity contribution is 7.09. The van der Waals surface area contributed by atoms with Crippen molar-refractivity contribution in [2.45, 2.75) is 45.4 Å². The van der Waals surface area contributed by atoms with E-state index in [1.807, 2.05) is 10.3 Å². The summed E-state index contributed by atoms with van der Waals surface area (Å²) >= 11 is 1.66. The van der Waals surface area contributed by atoms with Gasteiger partial charge in [-0.25, -0.2) is 9.78 Å². The van der Waals surface area contributed by atoms with Gasteiger partial charge in [-0.1, -0.05) is 6.92 Å². The number of nitrogens with zero attached hydrogens (tertiary/aromatic N) is 2. The van der Waals surface area contributed by atoms with E-state index in [4.69, 9.17) is 0 Å². The van der Waals surface area contributed by atoms with Gasteiger partial charge in [0.05, 0.1) is 10.7 Å². The molecular weight excluding hydrogens is 312 g/mol. The Kier molecular flexibility index (Phi) is 7.32. The predicted octanol–water partition coefficient (Wildman–Crippen LogP) is 1.95. The van der Waals surface area contributed by atoms with Crippen LogP contribution in [0.1, 0.15) is 43.3 Å². The molecule has 1 fully saturated rings. The predicted molar refractivity (Wildman–Crippen MR) is 91.6 cm³/mol. The molecule has 3 amide bonds. The summed E-state index contributed by atoms with van der Waals surface area (Å²) in [6.07, 6.45) is 5.45. The standard InChI is InChI=1S/C16H26N4O2S/c1-2-14-19-13(12-23-14)6-8-17-16(22)18-9-7-15(21)20-10-4-3-5-11-20/h12H,2-11H2,1H3,(H2,17,18,22). The minimum Gasteiger partial charge on any atom is -0.343 e. The van der Waals surface area contributed by atoms with E-state index in [2.05, 4.69) is 22.5 Å². The molecule has 1 aromatic heterocycles. The molecule has 2 rings (SSSR count). The van der Waals surface area contributed by atoms with Crippen molar-refractivity contribution in [3.63, 3.8) is 0 Å². The van der Waals surface area contributed by atoms with Crippen molar-refractivity contribution in [3.8, 4) is 0 Å². The topological polar surface area (TPSA) is 74.3 Å². The Morgan fingerprint density at radius 3 is 2.65 bits per heavy atom. The van der Waals surface area contributed by atoms with Gasteiger partial charge < -0.3 is 15.5 Å². The molecule has 1 aliphatic rings. The van der Waals surface area contributed by atoms with Crippen LogP contribution in [-0.2, 0) is 17.6 Å². The number of rotatable bonds is 7. The fraction of sp³-hybridized carbons (Fsp3) is 0.688. The van der Waals surface area contributed by atoms with Crippen LogP contribution in [0.25, 0.3) is 0 Å². The average molecular weight is 338 g/mol. The van der Waals surface area contributed by atoms with E-state index in [1.54, 1.807) is 11.3 Å². The second-order valence-electron chi connectivity index (χ2n) is 5.71. The summed E-state index contributed by atoms with van der Waals surface area (Å²) in [5.74, 6) is 0.138. The molecule has 2 N–H and O–H groups in total. The SMILES string of the molecule is CCc1nc(CCNC(=O)NCCC(=O)N2CCCCC2)cs1. The maximum atomic E-state index is 12.0. The van der Waals surface area contributed by atoms with Gasteiger partial charge in [0.25, 0.3) is 0 Å².